The molecule has 1 unspecified atom stereocenters. The van der Waals surface area contributed by atoms with Crippen molar-refractivity contribution in [1.82, 2.24) is 4.90 Å². The number of urea groups is 1. The number of para-hydroxylation sites is 2. The number of carbonyl (C=O) groups is 2. The number of ketones is 1. The molecule has 2 amide bonds. The number of hydrogen-bond donors (Lipinski definition) is 1. The Kier molecular flexibility index (Phi) is 5.78. The van der Waals surface area contributed by atoms with E-state index in [4.69, 9.17) is 16.3 Å². The van der Waals surface area contributed by atoms with E-state index in [0.29, 0.717) is 35.1 Å². The van der Waals surface area contributed by atoms with Crippen molar-refractivity contribution in [2.45, 2.75) is 12.8 Å². The zero-order chi connectivity index (χ0) is 18.5. The van der Waals surface area contributed by atoms with Crippen LogP contribution in [0.2, 0.25) is 5.02 Å². The number of rotatable bonds is 4. The van der Waals surface area contributed by atoms with Crippen LogP contribution < -0.4 is 10.1 Å². The molecule has 6 heteroatoms. The predicted molar refractivity (Wildman–Crippen MR) is 102 cm³/mol. The molecule has 0 aromatic heterocycles. The fraction of sp³-hybridized carbons (Fsp3) is 0.300. The highest BCUT2D eigenvalue weighted by Crippen LogP contribution is 2.26. The van der Waals surface area contributed by atoms with Crippen molar-refractivity contribution in [3.05, 3.63) is 59.1 Å². The van der Waals surface area contributed by atoms with Gasteiger partial charge in [-0.3, -0.25) is 4.79 Å². The first kappa shape index (κ1) is 18.3. The quantitative estimate of drug-likeness (QED) is 0.805. The highest BCUT2D eigenvalue weighted by Gasteiger charge is 2.29. The van der Waals surface area contributed by atoms with Gasteiger partial charge in [0.05, 0.1) is 12.8 Å². The molecule has 0 bridgehead atoms. The van der Waals surface area contributed by atoms with Crippen molar-refractivity contribution in [1.29, 1.82) is 0 Å². The Morgan fingerprint density at radius 1 is 1.19 bits per heavy atom. The van der Waals surface area contributed by atoms with Crippen LogP contribution in [-0.4, -0.2) is 36.9 Å². The van der Waals surface area contributed by atoms with E-state index >= 15 is 0 Å². The monoisotopic (exact) mass is 372 g/mol. The Bertz CT molecular complexity index is 809. The maximum Gasteiger partial charge on any atom is 0.321 e. The summed E-state index contributed by atoms with van der Waals surface area (Å²) in [6.45, 7) is 1.02. The topological polar surface area (TPSA) is 58.6 Å². The number of carbonyl (C=O) groups excluding carboxylic acids is 2. The molecule has 1 aliphatic rings. The number of anilines is 1. The molecule has 1 fully saturated rings. The van der Waals surface area contributed by atoms with Gasteiger partial charge >= 0.3 is 6.03 Å². The van der Waals surface area contributed by atoms with Gasteiger partial charge in [-0.15, -0.1) is 0 Å². The molecule has 1 N–H and O–H groups in total. The maximum atomic E-state index is 12.7. The SMILES string of the molecule is COc1ccccc1NC(=O)N1CCCC(C(=O)c2cccc(Cl)c2)C1. The number of likely N-dealkylation sites (tertiary alicyclic amines) is 1. The Morgan fingerprint density at radius 3 is 2.77 bits per heavy atom. The third-order valence-corrected chi connectivity index (χ3v) is 4.77. The number of benzene rings is 2. The minimum absolute atomic E-state index is 0.0299. The molecule has 0 spiro atoms. The summed E-state index contributed by atoms with van der Waals surface area (Å²) in [5, 5.41) is 3.41. The Morgan fingerprint density at radius 2 is 2.00 bits per heavy atom. The van der Waals surface area contributed by atoms with Gasteiger partial charge in [0.15, 0.2) is 5.78 Å². The van der Waals surface area contributed by atoms with Crippen LogP contribution in [0.1, 0.15) is 23.2 Å². The van der Waals surface area contributed by atoms with E-state index < -0.39 is 0 Å². The molecule has 3 rings (SSSR count). The standard InChI is InChI=1S/C20H21ClN2O3/c1-26-18-10-3-2-9-17(18)22-20(25)23-11-5-7-15(13-23)19(24)14-6-4-8-16(21)12-14/h2-4,6,8-10,12,15H,5,7,11,13H2,1H3,(H,22,25). The fourth-order valence-electron chi connectivity index (χ4n) is 3.20. The first-order chi connectivity index (χ1) is 12.6. The van der Waals surface area contributed by atoms with Gasteiger partial charge < -0.3 is 15.0 Å². The van der Waals surface area contributed by atoms with Crippen LogP contribution in [0.3, 0.4) is 0 Å². The lowest BCUT2D eigenvalue weighted by atomic mass is 9.90. The smallest absolute Gasteiger partial charge is 0.321 e. The third-order valence-electron chi connectivity index (χ3n) is 4.54. The summed E-state index contributed by atoms with van der Waals surface area (Å²) in [6.07, 6.45) is 1.56. The first-order valence-electron chi connectivity index (χ1n) is 8.57. The van der Waals surface area contributed by atoms with Crippen molar-refractivity contribution in [2.24, 2.45) is 5.92 Å². The van der Waals surface area contributed by atoms with Crippen LogP contribution >= 0.6 is 11.6 Å². The van der Waals surface area contributed by atoms with Crippen LogP contribution in [0.25, 0.3) is 0 Å². The third kappa shape index (κ3) is 4.17. The number of nitrogens with zero attached hydrogens (tertiary/aromatic N) is 1. The number of piperidine rings is 1. The van der Waals surface area contributed by atoms with E-state index in [2.05, 4.69) is 5.32 Å². The van der Waals surface area contributed by atoms with Crippen LogP contribution in [0, 0.1) is 5.92 Å². The second-order valence-corrected chi connectivity index (χ2v) is 6.73. The average molecular weight is 373 g/mol. The molecule has 2 aromatic rings. The summed E-state index contributed by atoms with van der Waals surface area (Å²) in [6, 6.07) is 14.0. The minimum atomic E-state index is -0.224. The van der Waals surface area contributed by atoms with Crippen molar-refractivity contribution in [3.8, 4) is 5.75 Å². The second-order valence-electron chi connectivity index (χ2n) is 6.29. The Labute approximate surface area is 157 Å². The number of hydrogen-bond acceptors (Lipinski definition) is 3. The van der Waals surface area contributed by atoms with Gasteiger partial charge in [0.25, 0.3) is 0 Å². The van der Waals surface area contributed by atoms with E-state index in [-0.39, 0.29) is 17.7 Å². The van der Waals surface area contributed by atoms with Gasteiger partial charge in [0, 0.05) is 29.6 Å². The zero-order valence-corrected chi connectivity index (χ0v) is 15.3. The molecule has 136 valence electrons. The summed E-state index contributed by atoms with van der Waals surface area (Å²) < 4.78 is 5.26. The van der Waals surface area contributed by atoms with E-state index in [1.54, 1.807) is 48.4 Å². The number of methoxy groups -OCH3 is 1. The van der Waals surface area contributed by atoms with Crippen molar-refractivity contribution >= 4 is 29.1 Å². The van der Waals surface area contributed by atoms with E-state index in [9.17, 15) is 9.59 Å². The van der Waals surface area contributed by atoms with Crippen molar-refractivity contribution in [2.75, 3.05) is 25.5 Å². The van der Waals surface area contributed by atoms with E-state index in [1.807, 2.05) is 12.1 Å². The van der Waals surface area contributed by atoms with Gasteiger partial charge in [-0.2, -0.15) is 0 Å². The van der Waals surface area contributed by atoms with Crippen molar-refractivity contribution in [3.63, 3.8) is 0 Å². The van der Waals surface area contributed by atoms with Gasteiger partial charge in [-0.1, -0.05) is 35.9 Å². The lowest BCUT2D eigenvalue weighted by Gasteiger charge is -2.32. The molecule has 2 aromatic carbocycles. The van der Waals surface area contributed by atoms with Crippen LogP contribution in [0.5, 0.6) is 5.75 Å². The maximum absolute atomic E-state index is 12.7. The van der Waals surface area contributed by atoms with Gasteiger partial charge in [-0.05, 0) is 37.1 Å². The highest BCUT2D eigenvalue weighted by molar-refractivity contribution is 6.31. The Balaban J connectivity index is 1.68. The molecule has 0 radical (unpaired) electrons. The van der Waals surface area contributed by atoms with Gasteiger partial charge in [-0.25, -0.2) is 4.79 Å². The number of Topliss-reactive ketones (excluding diaryl/α,β-unsaturated/α-hetero) is 1. The molecule has 1 heterocycles. The fourth-order valence-corrected chi connectivity index (χ4v) is 3.39. The normalized spacial score (nSPS) is 16.8. The van der Waals surface area contributed by atoms with E-state index in [0.717, 1.165) is 12.8 Å². The summed E-state index contributed by atoms with van der Waals surface area (Å²) >= 11 is 5.99. The number of amides is 2. The molecule has 5 nitrogen and oxygen atoms in total. The van der Waals surface area contributed by atoms with E-state index in [1.165, 1.54) is 0 Å². The minimum Gasteiger partial charge on any atom is -0.495 e. The molecular formula is C20H21ClN2O3. The van der Waals surface area contributed by atoms with Crippen LogP contribution in [-0.2, 0) is 0 Å². The van der Waals surface area contributed by atoms with Gasteiger partial charge in [0.1, 0.15) is 5.75 Å². The molecule has 1 saturated heterocycles. The van der Waals surface area contributed by atoms with Crippen LogP contribution in [0.15, 0.2) is 48.5 Å². The highest BCUT2D eigenvalue weighted by atomic mass is 35.5. The van der Waals surface area contributed by atoms with Gasteiger partial charge in [0.2, 0.25) is 0 Å². The first-order valence-corrected chi connectivity index (χ1v) is 8.95. The molecule has 26 heavy (non-hydrogen) atoms. The predicted octanol–water partition coefficient (Wildman–Crippen LogP) is 4.48. The molecule has 0 aliphatic carbocycles. The number of halogens is 1. The number of ether oxygens (including phenoxy) is 1. The molecule has 0 saturated carbocycles. The second kappa shape index (κ2) is 8.23. The molecular weight excluding hydrogens is 352 g/mol. The number of nitrogens with one attached hydrogen (secondary N) is 1. The average Bonchev–Trinajstić information content (AvgIpc) is 2.68. The summed E-state index contributed by atoms with van der Waals surface area (Å²) in [5.74, 6) is 0.414. The zero-order valence-electron chi connectivity index (χ0n) is 14.6. The Hall–Kier alpha value is -2.53. The summed E-state index contributed by atoms with van der Waals surface area (Å²) in [4.78, 5) is 27.0. The molecule has 1 atom stereocenters. The van der Waals surface area contributed by atoms with Crippen LogP contribution in [0.4, 0.5) is 10.5 Å². The lowest BCUT2D eigenvalue weighted by Crippen LogP contribution is -2.44. The largest absolute Gasteiger partial charge is 0.495 e. The lowest BCUT2D eigenvalue weighted by molar-refractivity contribution is 0.0851. The molecule has 1 aliphatic heterocycles. The summed E-state index contributed by atoms with van der Waals surface area (Å²) in [5.41, 5.74) is 1.21. The van der Waals surface area contributed by atoms with Crippen molar-refractivity contribution < 1.29 is 14.3 Å². The summed E-state index contributed by atoms with van der Waals surface area (Å²) in [7, 11) is 1.56.